The number of hydrogen-bond acceptors (Lipinski definition) is 3. The number of hydrogen-bond donors (Lipinski definition) is 2. The molecular weight excluding hydrogens is 234 g/mol. The van der Waals surface area contributed by atoms with Crippen LogP contribution in [-0.2, 0) is 6.42 Å². The van der Waals surface area contributed by atoms with Gasteiger partial charge in [0.05, 0.1) is 11.3 Å². The summed E-state index contributed by atoms with van der Waals surface area (Å²) in [4.78, 5) is 0. The third-order valence-corrected chi connectivity index (χ3v) is 3.37. The molecule has 2 N–H and O–H groups in total. The number of rotatable bonds is 2. The fourth-order valence-electron chi connectivity index (χ4n) is 2.40. The molecule has 1 aliphatic heterocycles. The van der Waals surface area contributed by atoms with Crippen LogP contribution in [0.5, 0.6) is 0 Å². The normalized spacial score (nSPS) is 13.0. The SMILES string of the molecule is N#Cc1ccccc1Nc1ccc2c(c1)CCCN2. The van der Waals surface area contributed by atoms with Crippen molar-refractivity contribution >= 4 is 17.1 Å². The Morgan fingerprint density at radius 2 is 2.05 bits per heavy atom. The molecule has 3 heteroatoms. The molecule has 0 fully saturated rings. The lowest BCUT2D eigenvalue weighted by molar-refractivity contribution is 0.830. The van der Waals surface area contributed by atoms with Crippen LogP contribution < -0.4 is 10.6 Å². The topological polar surface area (TPSA) is 47.9 Å². The molecule has 0 saturated carbocycles. The second-order valence-electron chi connectivity index (χ2n) is 4.68. The van der Waals surface area contributed by atoms with Gasteiger partial charge in [0.15, 0.2) is 0 Å². The molecule has 0 amide bonds. The highest BCUT2D eigenvalue weighted by Gasteiger charge is 2.09. The van der Waals surface area contributed by atoms with Gasteiger partial charge in [-0.2, -0.15) is 5.26 Å². The predicted octanol–water partition coefficient (Wildman–Crippen LogP) is 3.66. The Labute approximate surface area is 112 Å². The smallest absolute Gasteiger partial charge is 0.101 e. The maximum atomic E-state index is 9.09. The summed E-state index contributed by atoms with van der Waals surface area (Å²) in [6.07, 6.45) is 2.28. The molecule has 2 aromatic rings. The Balaban J connectivity index is 1.89. The predicted molar refractivity (Wildman–Crippen MR) is 77.7 cm³/mol. The number of anilines is 3. The maximum Gasteiger partial charge on any atom is 0.101 e. The summed E-state index contributed by atoms with van der Waals surface area (Å²) < 4.78 is 0. The summed E-state index contributed by atoms with van der Waals surface area (Å²) in [5, 5.41) is 15.8. The molecule has 3 rings (SSSR count). The molecule has 1 aliphatic rings. The minimum absolute atomic E-state index is 0.665. The molecule has 0 aliphatic carbocycles. The van der Waals surface area contributed by atoms with E-state index < -0.39 is 0 Å². The van der Waals surface area contributed by atoms with E-state index in [1.807, 2.05) is 30.3 Å². The van der Waals surface area contributed by atoms with Gasteiger partial charge in [-0.25, -0.2) is 0 Å². The molecule has 0 spiro atoms. The van der Waals surface area contributed by atoms with Gasteiger partial charge < -0.3 is 10.6 Å². The first-order valence-electron chi connectivity index (χ1n) is 6.50. The van der Waals surface area contributed by atoms with Gasteiger partial charge in [-0.3, -0.25) is 0 Å². The molecule has 0 bridgehead atoms. The van der Waals surface area contributed by atoms with Crippen LogP contribution in [0.25, 0.3) is 0 Å². The van der Waals surface area contributed by atoms with Gasteiger partial charge in [0.2, 0.25) is 0 Å². The average molecular weight is 249 g/mol. The Morgan fingerprint density at radius 1 is 1.16 bits per heavy atom. The summed E-state index contributed by atoms with van der Waals surface area (Å²) in [5.74, 6) is 0. The zero-order valence-corrected chi connectivity index (χ0v) is 10.6. The second kappa shape index (κ2) is 5.03. The summed E-state index contributed by atoms with van der Waals surface area (Å²) in [7, 11) is 0. The summed E-state index contributed by atoms with van der Waals surface area (Å²) >= 11 is 0. The lowest BCUT2D eigenvalue weighted by Crippen LogP contribution is -2.11. The molecule has 19 heavy (non-hydrogen) atoms. The molecule has 2 aromatic carbocycles. The van der Waals surface area contributed by atoms with Crippen molar-refractivity contribution in [2.45, 2.75) is 12.8 Å². The monoisotopic (exact) mass is 249 g/mol. The lowest BCUT2D eigenvalue weighted by atomic mass is 10.0. The molecule has 0 unspecified atom stereocenters. The van der Waals surface area contributed by atoms with Crippen molar-refractivity contribution in [1.82, 2.24) is 0 Å². The Kier molecular flexibility index (Phi) is 3.07. The van der Waals surface area contributed by atoms with Crippen LogP contribution in [0.3, 0.4) is 0 Å². The fraction of sp³-hybridized carbons (Fsp3) is 0.188. The van der Waals surface area contributed by atoms with Crippen molar-refractivity contribution in [3.05, 3.63) is 53.6 Å². The van der Waals surface area contributed by atoms with Crippen LogP contribution in [0.2, 0.25) is 0 Å². The molecule has 0 atom stereocenters. The number of para-hydroxylation sites is 1. The third kappa shape index (κ3) is 2.38. The molecular formula is C16H15N3. The maximum absolute atomic E-state index is 9.09. The van der Waals surface area contributed by atoms with Crippen molar-refractivity contribution in [3.8, 4) is 6.07 Å². The lowest BCUT2D eigenvalue weighted by Gasteiger charge is -2.19. The van der Waals surface area contributed by atoms with Crippen molar-refractivity contribution in [2.24, 2.45) is 0 Å². The molecule has 3 nitrogen and oxygen atoms in total. The molecule has 0 radical (unpaired) electrons. The largest absolute Gasteiger partial charge is 0.385 e. The van der Waals surface area contributed by atoms with Gasteiger partial charge in [-0.1, -0.05) is 12.1 Å². The highest BCUT2D eigenvalue weighted by atomic mass is 14.9. The van der Waals surface area contributed by atoms with Crippen LogP contribution in [0.15, 0.2) is 42.5 Å². The average Bonchev–Trinajstić information content (AvgIpc) is 2.48. The number of nitrogens with one attached hydrogen (secondary N) is 2. The van der Waals surface area contributed by atoms with Gasteiger partial charge in [-0.05, 0) is 48.7 Å². The number of benzene rings is 2. The standard InChI is InChI=1S/C16H15N3/c17-11-13-4-1-2-6-16(13)19-14-7-8-15-12(10-14)5-3-9-18-15/h1-2,4,6-8,10,18-19H,3,5,9H2. The van der Waals surface area contributed by atoms with E-state index in [4.69, 9.17) is 5.26 Å². The Morgan fingerprint density at radius 3 is 2.95 bits per heavy atom. The minimum Gasteiger partial charge on any atom is -0.385 e. The van der Waals surface area contributed by atoms with Crippen molar-refractivity contribution < 1.29 is 0 Å². The number of aryl methyl sites for hydroxylation is 1. The fourth-order valence-corrected chi connectivity index (χ4v) is 2.40. The first-order chi connectivity index (χ1) is 9.36. The van der Waals surface area contributed by atoms with E-state index in [1.165, 1.54) is 17.7 Å². The van der Waals surface area contributed by atoms with E-state index >= 15 is 0 Å². The van der Waals surface area contributed by atoms with E-state index in [0.717, 1.165) is 24.3 Å². The molecule has 1 heterocycles. The highest BCUT2D eigenvalue weighted by Crippen LogP contribution is 2.27. The second-order valence-corrected chi connectivity index (χ2v) is 4.68. The Hall–Kier alpha value is -2.47. The summed E-state index contributed by atoms with van der Waals surface area (Å²) in [6, 6.07) is 16.1. The quantitative estimate of drug-likeness (QED) is 0.853. The third-order valence-electron chi connectivity index (χ3n) is 3.37. The summed E-state index contributed by atoms with van der Waals surface area (Å²) in [6.45, 7) is 1.05. The minimum atomic E-state index is 0.665. The van der Waals surface area contributed by atoms with E-state index in [0.29, 0.717) is 5.56 Å². The van der Waals surface area contributed by atoms with Gasteiger partial charge >= 0.3 is 0 Å². The van der Waals surface area contributed by atoms with E-state index in [2.05, 4.69) is 28.8 Å². The molecule has 94 valence electrons. The van der Waals surface area contributed by atoms with Gasteiger partial charge in [0.25, 0.3) is 0 Å². The van der Waals surface area contributed by atoms with E-state index in [-0.39, 0.29) is 0 Å². The zero-order chi connectivity index (χ0) is 13.1. The zero-order valence-electron chi connectivity index (χ0n) is 10.6. The van der Waals surface area contributed by atoms with Crippen LogP contribution in [0, 0.1) is 11.3 Å². The van der Waals surface area contributed by atoms with Crippen LogP contribution >= 0.6 is 0 Å². The van der Waals surface area contributed by atoms with Crippen LogP contribution in [0.1, 0.15) is 17.5 Å². The van der Waals surface area contributed by atoms with Gasteiger partial charge in [-0.15, -0.1) is 0 Å². The molecule has 0 saturated heterocycles. The van der Waals surface area contributed by atoms with Crippen LogP contribution in [0.4, 0.5) is 17.1 Å². The van der Waals surface area contributed by atoms with E-state index in [9.17, 15) is 0 Å². The summed E-state index contributed by atoms with van der Waals surface area (Å²) in [5.41, 5.74) is 5.12. The van der Waals surface area contributed by atoms with Gasteiger partial charge in [0.1, 0.15) is 6.07 Å². The first-order valence-corrected chi connectivity index (χ1v) is 6.50. The number of nitrogens with zero attached hydrogens (tertiary/aromatic N) is 1. The van der Waals surface area contributed by atoms with Crippen molar-refractivity contribution in [2.75, 3.05) is 17.2 Å². The highest BCUT2D eigenvalue weighted by molar-refractivity contribution is 5.69. The van der Waals surface area contributed by atoms with E-state index in [1.54, 1.807) is 0 Å². The first kappa shape index (κ1) is 11.6. The van der Waals surface area contributed by atoms with Crippen molar-refractivity contribution in [3.63, 3.8) is 0 Å². The Bertz CT molecular complexity index is 641. The van der Waals surface area contributed by atoms with Crippen LogP contribution in [-0.4, -0.2) is 6.54 Å². The number of fused-ring (bicyclic) bond motifs is 1. The van der Waals surface area contributed by atoms with Gasteiger partial charge in [0, 0.05) is 17.9 Å². The van der Waals surface area contributed by atoms with Crippen molar-refractivity contribution in [1.29, 1.82) is 5.26 Å². The molecule has 0 aromatic heterocycles. The number of nitriles is 1.